The number of carbonyl (C=O) groups excluding carboxylic acids is 1. The number of anilines is 1. The zero-order valence-electron chi connectivity index (χ0n) is 19.5. The Morgan fingerprint density at radius 3 is 2.24 bits per heavy atom. The SMILES string of the molecule is Cc1nn(Cc2ccc(F)cc2Cl)c(C)c1NC(=O)c1ccc(COc2c(F)c(F)cc(F)c2F)cc1. The number of amides is 1. The molecule has 0 spiro atoms. The first-order valence-electron chi connectivity index (χ1n) is 10.9. The highest BCUT2D eigenvalue weighted by molar-refractivity contribution is 6.31. The maximum absolute atomic E-state index is 13.8. The summed E-state index contributed by atoms with van der Waals surface area (Å²) in [5, 5.41) is 7.49. The molecule has 1 N–H and O–H groups in total. The van der Waals surface area contributed by atoms with Crippen molar-refractivity contribution < 1.29 is 31.5 Å². The number of aryl methyl sites for hydroxylation is 1. The van der Waals surface area contributed by atoms with Gasteiger partial charge in [-0.05, 0) is 49.2 Å². The van der Waals surface area contributed by atoms with Gasteiger partial charge >= 0.3 is 0 Å². The van der Waals surface area contributed by atoms with Gasteiger partial charge in [0.2, 0.25) is 11.6 Å². The van der Waals surface area contributed by atoms with E-state index in [4.69, 9.17) is 16.3 Å². The fourth-order valence-corrected chi connectivity index (χ4v) is 3.84. The summed E-state index contributed by atoms with van der Waals surface area (Å²) in [6.07, 6.45) is 0. The van der Waals surface area contributed by atoms with Crippen LogP contribution in [0.5, 0.6) is 5.75 Å². The summed E-state index contributed by atoms with van der Waals surface area (Å²) in [6, 6.07) is 10.0. The van der Waals surface area contributed by atoms with E-state index in [0.717, 1.165) is 0 Å². The van der Waals surface area contributed by atoms with Gasteiger partial charge in [-0.25, -0.2) is 13.2 Å². The largest absolute Gasteiger partial charge is 0.483 e. The van der Waals surface area contributed by atoms with Crippen LogP contribution in [0.1, 0.15) is 32.9 Å². The molecule has 1 aromatic heterocycles. The monoisotopic (exact) mass is 535 g/mol. The normalized spacial score (nSPS) is 11.0. The van der Waals surface area contributed by atoms with Crippen LogP contribution in [0.2, 0.25) is 5.02 Å². The number of rotatable bonds is 7. The minimum atomic E-state index is -1.64. The molecule has 0 aliphatic rings. The molecule has 0 aliphatic carbocycles. The number of hydrogen-bond acceptors (Lipinski definition) is 3. The minimum Gasteiger partial charge on any atom is -0.483 e. The van der Waals surface area contributed by atoms with E-state index >= 15 is 0 Å². The maximum atomic E-state index is 13.8. The van der Waals surface area contributed by atoms with Crippen molar-refractivity contribution in [1.82, 2.24) is 9.78 Å². The van der Waals surface area contributed by atoms with Gasteiger partial charge in [0.25, 0.3) is 5.91 Å². The van der Waals surface area contributed by atoms with Crippen LogP contribution >= 0.6 is 11.6 Å². The van der Waals surface area contributed by atoms with E-state index in [-0.39, 0.29) is 23.2 Å². The quantitative estimate of drug-likeness (QED) is 0.211. The lowest BCUT2D eigenvalue weighted by Gasteiger charge is -2.10. The molecule has 1 amide bonds. The molecule has 4 aromatic rings. The Bertz CT molecular complexity index is 1460. The van der Waals surface area contributed by atoms with Crippen LogP contribution in [0.15, 0.2) is 48.5 Å². The Hall–Kier alpha value is -3.92. The number of halogens is 6. The standard InChI is InChI=1S/C26H19ClF5N3O2/c1-13-24(14(2)35(34-13)11-17-7-8-18(28)9-19(17)27)33-26(36)16-5-3-15(4-6-16)12-37-25-22(31)20(29)10-21(30)23(25)32/h3-10H,11-12H2,1-2H3,(H,33,36). The molecular formula is C26H19ClF5N3O2. The third-order valence-electron chi connectivity index (χ3n) is 5.63. The van der Waals surface area contributed by atoms with Gasteiger partial charge in [0.1, 0.15) is 12.4 Å². The molecule has 0 saturated carbocycles. The van der Waals surface area contributed by atoms with Crippen LogP contribution in [-0.2, 0) is 13.2 Å². The predicted molar refractivity (Wildman–Crippen MR) is 127 cm³/mol. The lowest BCUT2D eigenvalue weighted by molar-refractivity contribution is 0.102. The molecule has 0 aliphatic heterocycles. The number of nitrogens with zero attached hydrogens (tertiary/aromatic N) is 2. The Labute approximate surface area is 213 Å². The fourth-order valence-electron chi connectivity index (χ4n) is 3.61. The van der Waals surface area contributed by atoms with E-state index in [0.29, 0.717) is 28.2 Å². The Morgan fingerprint density at radius 1 is 0.973 bits per heavy atom. The van der Waals surface area contributed by atoms with Crippen molar-refractivity contribution in [1.29, 1.82) is 0 Å². The van der Waals surface area contributed by atoms with Crippen LogP contribution in [-0.4, -0.2) is 15.7 Å². The van der Waals surface area contributed by atoms with E-state index < -0.39 is 47.3 Å². The molecule has 5 nitrogen and oxygen atoms in total. The smallest absolute Gasteiger partial charge is 0.255 e. The van der Waals surface area contributed by atoms with Crippen LogP contribution in [0.25, 0.3) is 0 Å². The average Bonchev–Trinajstić information content (AvgIpc) is 3.12. The number of aromatic nitrogens is 2. The molecule has 0 saturated heterocycles. The molecule has 0 radical (unpaired) electrons. The van der Waals surface area contributed by atoms with Gasteiger partial charge < -0.3 is 10.1 Å². The first-order valence-corrected chi connectivity index (χ1v) is 11.3. The van der Waals surface area contributed by atoms with E-state index in [2.05, 4.69) is 10.4 Å². The van der Waals surface area contributed by atoms with Crippen molar-refractivity contribution in [3.8, 4) is 5.75 Å². The molecule has 0 bridgehead atoms. The van der Waals surface area contributed by atoms with Crippen LogP contribution < -0.4 is 10.1 Å². The number of nitrogens with one attached hydrogen (secondary N) is 1. The summed E-state index contributed by atoms with van der Waals surface area (Å²) in [7, 11) is 0. The van der Waals surface area contributed by atoms with Gasteiger partial charge in [0, 0.05) is 16.7 Å². The molecule has 11 heteroatoms. The molecule has 0 fully saturated rings. The number of ether oxygens (including phenoxy) is 1. The van der Waals surface area contributed by atoms with Gasteiger partial charge in [-0.2, -0.15) is 13.9 Å². The fraction of sp³-hybridized carbons (Fsp3) is 0.154. The van der Waals surface area contributed by atoms with Crippen molar-refractivity contribution in [3.63, 3.8) is 0 Å². The van der Waals surface area contributed by atoms with E-state index in [1.807, 2.05) is 0 Å². The molecular weight excluding hydrogens is 517 g/mol. The number of benzene rings is 3. The van der Waals surface area contributed by atoms with Gasteiger partial charge in [-0.1, -0.05) is 29.8 Å². The molecule has 192 valence electrons. The molecule has 3 aromatic carbocycles. The van der Waals surface area contributed by atoms with Crippen molar-refractivity contribution in [2.24, 2.45) is 0 Å². The Balaban J connectivity index is 1.44. The summed E-state index contributed by atoms with van der Waals surface area (Å²) in [4.78, 5) is 12.8. The second kappa shape index (κ2) is 10.6. The molecule has 0 unspecified atom stereocenters. The predicted octanol–water partition coefficient (Wildman–Crippen LogP) is 6.73. The van der Waals surface area contributed by atoms with Crippen LogP contribution in [0.4, 0.5) is 27.6 Å². The number of hydrogen-bond donors (Lipinski definition) is 1. The first-order chi connectivity index (χ1) is 17.5. The number of carbonyl (C=O) groups is 1. The first kappa shape index (κ1) is 26.2. The minimum absolute atomic E-state index is 0.0933. The molecule has 1 heterocycles. The van der Waals surface area contributed by atoms with Gasteiger partial charge in [0.15, 0.2) is 17.4 Å². The second-order valence-electron chi connectivity index (χ2n) is 8.18. The van der Waals surface area contributed by atoms with E-state index in [9.17, 15) is 26.7 Å². The van der Waals surface area contributed by atoms with Crippen molar-refractivity contribution in [2.75, 3.05) is 5.32 Å². The Kier molecular flexibility index (Phi) is 7.49. The van der Waals surface area contributed by atoms with Crippen molar-refractivity contribution in [2.45, 2.75) is 27.0 Å². The maximum Gasteiger partial charge on any atom is 0.255 e. The van der Waals surface area contributed by atoms with Gasteiger partial charge in [-0.15, -0.1) is 0 Å². The van der Waals surface area contributed by atoms with Crippen molar-refractivity contribution >= 4 is 23.2 Å². The zero-order valence-corrected chi connectivity index (χ0v) is 20.3. The van der Waals surface area contributed by atoms with E-state index in [1.165, 1.54) is 36.4 Å². The highest BCUT2D eigenvalue weighted by Crippen LogP contribution is 2.28. The third kappa shape index (κ3) is 5.59. The van der Waals surface area contributed by atoms with Gasteiger partial charge in [0.05, 0.1) is 23.6 Å². The summed E-state index contributed by atoms with van der Waals surface area (Å²) in [5.74, 6) is -8.47. The van der Waals surface area contributed by atoms with E-state index in [1.54, 1.807) is 24.6 Å². The second-order valence-corrected chi connectivity index (χ2v) is 8.58. The molecule has 37 heavy (non-hydrogen) atoms. The Morgan fingerprint density at radius 2 is 1.62 bits per heavy atom. The van der Waals surface area contributed by atoms with Crippen LogP contribution in [0.3, 0.4) is 0 Å². The highest BCUT2D eigenvalue weighted by Gasteiger charge is 2.21. The zero-order chi connectivity index (χ0) is 26.9. The van der Waals surface area contributed by atoms with Crippen molar-refractivity contribution in [3.05, 3.63) is 111 Å². The highest BCUT2D eigenvalue weighted by atomic mass is 35.5. The summed E-state index contributed by atoms with van der Waals surface area (Å²) in [5.41, 5.74) is 3.03. The summed E-state index contributed by atoms with van der Waals surface area (Å²) < 4.78 is 74.1. The summed E-state index contributed by atoms with van der Waals surface area (Å²) in [6.45, 7) is 3.36. The topological polar surface area (TPSA) is 56.2 Å². The third-order valence-corrected chi connectivity index (χ3v) is 5.98. The summed E-state index contributed by atoms with van der Waals surface area (Å²) >= 11 is 6.11. The molecule has 0 atom stereocenters. The lowest BCUT2D eigenvalue weighted by Crippen LogP contribution is -2.13. The average molecular weight is 536 g/mol. The van der Waals surface area contributed by atoms with Gasteiger partial charge in [-0.3, -0.25) is 9.48 Å². The lowest BCUT2D eigenvalue weighted by atomic mass is 10.1. The van der Waals surface area contributed by atoms with Crippen LogP contribution in [0, 0.1) is 42.9 Å². The molecule has 4 rings (SSSR count).